The number of pyridine rings is 1. The highest BCUT2D eigenvalue weighted by atomic mass is 16.6. The molecule has 1 aromatic rings. The SMILES string of the molecule is CC(CCO)CNc1cc([N+](=O)[O-])ccn1. The van der Waals surface area contributed by atoms with Crippen LogP contribution in [-0.4, -0.2) is 28.2 Å². The molecule has 0 saturated heterocycles. The van der Waals surface area contributed by atoms with Crippen LogP contribution in [0.2, 0.25) is 0 Å². The fourth-order valence-corrected chi connectivity index (χ4v) is 1.23. The van der Waals surface area contributed by atoms with Crippen LogP contribution in [0.1, 0.15) is 13.3 Å². The molecule has 0 radical (unpaired) electrons. The van der Waals surface area contributed by atoms with Crippen LogP contribution in [0.4, 0.5) is 11.5 Å². The number of nitrogens with zero attached hydrogens (tertiary/aromatic N) is 2. The lowest BCUT2D eigenvalue weighted by molar-refractivity contribution is -0.384. The van der Waals surface area contributed by atoms with Gasteiger partial charge in [0.1, 0.15) is 5.82 Å². The summed E-state index contributed by atoms with van der Waals surface area (Å²) < 4.78 is 0. The largest absolute Gasteiger partial charge is 0.396 e. The van der Waals surface area contributed by atoms with E-state index >= 15 is 0 Å². The van der Waals surface area contributed by atoms with Crippen molar-refractivity contribution in [3.8, 4) is 0 Å². The summed E-state index contributed by atoms with van der Waals surface area (Å²) in [5.41, 5.74) is 0.0207. The molecule has 1 rings (SSSR count). The van der Waals surface area contributed by atoms with Crippen molar-refractivity contribution in [2.75, 3.05) is 18.5 Å². The molecule has 0 aliphatic rings. The van der Waals surface area contributed by atoms with E-state index in [1.807, 2.05) is 6.92 Å². The smallest absolute Gasteiger partial charge is 0.274 e. The second-order valence-corrected chi connectivity index (χ2v) is 3.65. The van der Waals surface area contributed by atoms with Gasteiger partial charge in [0.25, 0.3) is 5.69 Å². The van der Waals surface area contributed by atoms with E-state index in [1.54, 1.807) is 0 Å². The fraction of sp³-hybridized carbons (Fsp3) is 0.500. The normalized spacial score (nSPS) is 12.1. The Morgan fingerprint density at radius 1 is 1.69 bits per heavy atom. The molecule has 1 unspecified atom stereocenters. The van der Waals surface area contributed by atoms with Crippen molar-refractivity contribution < 1.29 is 10.0 Å². The van der Waals surface area contributed by atoms with E-state index in [-0.39, 0.29) is 12.3 Å². The van der Waals surface area contributed by atoms with Gasteiger partial charge in [-0.3, -0.25) is 10.1 Å². The first-order valence-electron chi connectivity index (χ1n) is 5.08. The summed E-state index contributed by atoms with van der Waals surface area (Å²) in [6.45, 7) is 2.76. The molecule has 0 bridgehead atoms. The number of hydrogen-bond acceptors (Lipinski definition) is 5. The van der Waals surface area contributed by atoms with Crippen LogP contribution >= 0.6 is 0 Å². The quantitative estimate of drug-likeness (QED) is 0.564. The average Bonchev–Trinajstić information content (AvgIpc) is 2.27. The molecule has 0 saturated carbocycles. The van der Waals surface area contributed by atoms with Gasteiger partial charge in [0, 0.05) is 25.4 Å². The topological polar surface area (TPSA) is 88.3 Å². The van der Waals surface area contributed by atoms with Crippen molar-refractivity contribution in [3.63, 3.8) is 0 Å². The molecule has 0 fully saturated rings. The summed E-state index contributed by atoms with van der Waals surface area (Å²) in [5, 5.41) is 22.2. The summed E-state index contributed by atoms with van der Waals surface area (Å²) in [6.07, 6.45) is 2.10. The van der Waals surface area contributed by atoms with Gasteiger partial charge >= 0.3 is 0 Å². The van der Waals surface area contributed by atoms with Gasteiger partial charge < -0.3 is 10.4 Å². The minimum atomic E-state index is -0.454. The maximum atomic E-state index is 10.5. The van der Waals surface area contributed by atoms with Gasteiger partial charge in [0.15, 0.2) is 0 Å². The van der Waals surface area contributed by atoms with E-state index in [0.29, 0.717) is 24.7 Å². The molecule has 0 aliphatic carbocycles. The summed E-state index contributed by atoms with van der Waals surface area (Å²) in [7, 11) is 0. The van der Waals surface area contributed by atoms with Crippen molar-refractivity contribution in [2.24, 2.45) is 5.92 Å². The minimum absolute atomic E-state index is 0.0207. The molecule has 0 aliphatic heterocycles. The van der Waals surface area contributed by atoms with Crippen LogP contribution in [0, 0.1) is 16.0 Å². The second kappa shape index (κ2) is 6.02. The first-order valence-corrected chi connectivity index (χ1v) is 5.08. The van der Waals surface area contributed by atoms with Crippen molar-refractivity contribution in [3.05, 3.63) is 28.4 Å². The summed E-state index contributed by atoms with van der Waals surface area (Å²) in [4.78, 5) is 14.0. The Morgan fingerprint density at radius 3 is 3.06 bits per heavy atom. The number of nitro groups is 1. The van der Waals surface area contributed by atoms with E-state index < -0.39 is 4.92 Å². The van der Waals surface area contributed by atoms with Crippen LogP contribution < -0.4 is 5.32 Å². The molecule has 0 aromatic carbocycles. The van der Waals surface area contributed by atoms with Crippen molar-refractivity contribution in [1.29, 1.82) is 0 Å². The van der Waals surface area contributed by atoms with Crippen molar-refractivity contribution in [2.45, 2.75) is 13.3 Å². The third-order valence-electron chi connectivity index (χ3n) is 2.21. The van der Waals surface area contributed by atoms with E-state index in [9.17, 15) is 10.1 Å². The number of hydrogen-bond donors (Lipinski definition) is 2. The zero-order chi connectivity index (χ0) is 12.0. The average molecular weight is 225 g/mol. The lowest BCUT2D eigenvalue weighted by Gasteiger charge is -2.11. The van der Waals surface area contributed by atoms with Gasteiger partial charge in [0.05, 0.1) is 11.0 Å². The van der Waals surface area contributed by atoms with Crippen LogP contribution in [0.3, 0.4) is 0 Å². The molecule has 1 heterocycles. The highest BCUT2D eigenvalue weighted by Gasteiger charge is 2.07. The standard InChI is InChI=1S/C10H15N3O3/c1-8(3-5-14)7-12-10-6-9(13(15)16)2-4-11-10/h2,4,6,8,14H,3,5,7H2,1H3,(H,11,12). The number of aliphatic hydroxyl groups excluding tert-OH is 1. The first kappa shape index (κ1) is 12.4. The van der Waals surface area contributed by atoms with Crippen LogP contribution in [0.25, 0.3) is 0 Å². The first-order chi connectivity index (χ1) is 7.63. The van der Waals surface area contributed by atoms with Crippen molar-refractivity contribution in [1.82, 2.24) is 4.98 Å². The molecule has 2 N–H and O–H groups in total. The number of aromatic nitrogens is 1. The number of rotatable bonds is 6. The summed E-state index contributed by atoms with van der Waals surface area (Å²) in [6, 6.07) is 2.74. The minimum Gasteiger partial charge on any atom is -0.396 e. The maximum absolute atomic E-state index is 10.5. The van der Waals surface area contributed by atoms with Gasteiger partial charge in [-0.2, -0.15) is 0 Å². The van der Waals surface area contributed by atoms with E-state index in [1.165, 1.54) is 18.3 Å². The summed E-state index contributed by atoms with van der Waals surface area (Å²) in [5.74, 6) is 0.782. The Morgan fingerprint density at radius 2 is 2.44 bits per heavy atom. The number of nitrogens with one attached hydrogen (secondary N) is 1. The number of anilines is 1. The lowest BCUT2D eigenvalue weighted by atomic mass is 10.1. The third-order valence-corrected chi connectivity index (χ3v) is 2.21. The highest BCUT2D eigenvalue weighted by molar-refractivity contribution is 5.44. The van der Waals surface area contributed by atoms with Crippen LogP contribution in [-0.2, 0) is 0 Å². The zero-order valence-electron chi connectivity index (χ0n) is 9.09. The predicted molar refractivity (Wildman–Crippen MR) is 60.2 cm³/mol. The van der Waals surface area contributed by atoms with Gasteiger partial charge in [-0.15, -0.1) is 0 Å². The third kappa shape index (κ3) is 3.82. The lowest BCUT2D eigenvalue weighted by Crippen LogP contribution is -2.13. The molecular weight excluding hydrogens is 210 g/mol. The molecule has 0 spiro atoms. The Bertz CT molecular complexity index is 357. The molecule has 16 heavy (non-hydrogen) atoms. The Kier molecular flexibility index (Phi) is 4.65. The van der Waals surface area contributed by atoms with E-state index in [4.69, 9.17) is 5.11 Å². The molecule has 1 atom stereocenters. The van der Waals surface area contributed by atoms with Gasteiger partial charge in [-0.05, 0) is 12.3 Å². The molecule has 6 nitrogen and oxygen atoms in total. The predicted octanol–water partition coefficient (Wildman–Crippen LogP) is 1.42. The zero-order valence-corrected chi connectivity index (χ0v) is 9.09. The van der Waals surface area contributed by atoms with Crippen LogP contribution in [0.5, 0.6) is 0 Å². The molecule has 6 heteroatoms. The van der Waals surface area contributed by atoms with Crippen LogP contribution in [0.15, 0.2) is 18.3 Å². The second-order valence-electron chi connectivity index (χ2n) is 3.65. The Labute approximate surface area is 93.5 Å². The molecular formula is C10H15N3O3. The molecule has 88 valence electrons. The summed E-state index contributed by atoms with van der Waals surface area (Å²) >= 11 is 0. The Balaban J connectivity index is 2.54. The monoisotopic (exact) mass is 225 g/mol. The Hall–Kier alpha value is -1.69. The van der Waals surface area contributed by atoms with Gasteiger partial charge in [-0.1, -0.05) is 6.92 Å². The van der Waals surface area contributed by atoms with E-state index in [0.717, 1.165) is 0 Å². The van der Waals surface area contributed by atoms with Gasteiger partial charge in [0.2, 0.25) is 0 Å². The van der Waals surface area contributed by atoms with Gasteiger partial charge in [-0.25, -0.2) is 4.98 Å². The fourth-order valence-electron chi connectivity index (χ4n) is 1.23. The highest BCUT2D eigenvalue weighted by Crippen LogP contribution is 2.14. The van der Waals surface area contributed by atoms with E-state index in [2.05, 4.69) is 10.3 Å². The molecule has 0 amide bonds. The number of aliphatic hydroxyl groups is 1. The maximum Gasteiger partial charge on any atom is 0.274 e. The molecule has 1 aromatic heterocycles. The van der Waals surface area contributed by atoms with Crippen molar-refractivity contribution >= 4 is 11.5 Å².